The van der Waals surface area contributed by atoms with Crippen LogP contribution in [0, 0.1) is 18.3 Å². The van der Waals surface area contributed by atoms with Crippen molar-refractivity contribution in [2.24, 2.45) is 0 Å². The van der Waals surface area contributed by atoms with E-state index in [4.69, 9.17) is 10.00 Å². The van der Waals surface area contributed by atoms with E-state index < -0.39 is 11.7 Å². The van der Waals surface area contributed by atoms with Gasteiger partial charge in [-0.1, -0.05) is 0 Å². The highest BCUT2D eigenvalue weighted by atomic mass is 16.6. The Kier molecular flexibility index (Phi) is 3.23. The normalized spacial score (nSPS) is 10.7. The highest BCUT2D eigenvalue weighted by Gasteiger charge is 2.18. The van der Waals surface area contributed by atoms with Gasteiger partial charge in [0, 0.05) is 6.20 Å². The first-order valence-electron chi connectivity index (χ1n) is 4.91. The number of aromatic nitrogens is 1. The molecular formula is C11H15N3O2. The fourth-order valence-corrected chi connectivity index (χ4v) is 1.17. The number of amides is 1. The lowest BCUT2D eigenvalue weighted by atomic mass is 10.2. The lowest BCUT2D eigenvalue weighted by Gasteiger charge is -2.19. The summed E-state index contributed by atoms with van der Waals surface area (Å²) in [5, 5.41) is 11.4. The first-order chi connectivity index (χ1) is 7.33. The molecule has 0 spiro atoms. The van der Waals surface area contributed by atoms with E-state index in [0.29, 0.717) is 11.4 Å². The number of aryl methyl sites for hydroxylation is 1. The lowest BCUT2D eigenvalue weighted by Crippen LogP contribution is -2.27. The molecule has 0 aromatic carbocycles. The van der Waals surface area contributed by atoms with Crippen LogP contribution in [0.1, 0.15) is 31.9 Å². The van der Waals surface area contributed by atoms with Crippen LogP contribution in [0.5, 0.6) is 0 Å². The number of ether oxygens (including phenoxy) is 1. The fraction of sp³-hybridized carbons (Fsp3) is 0.455. The van der Waals surface area contributed by atoms with Crippen molar-refractivity contribution in [2.45, 2.75) is 33.3 Å². The van der Waals surface area contributed by atoms with Gasteiger partial charge in [-0.25, -0.2) is 4.79 Å². The molecule has 0 bridgehead atoms. The Hall–Kier alpha value is -1.96. The van der Waals surface area contributed by atoms with Crippen molar-refractivity contribution in [1.82, 2.24) is 4.98 Å². The number of carbonyl (C=O) groups excluding carboxylic acids is 1. The molecule has 5 nitrogen and oxygen atoms in total. The third kappa shape index (κ3) is 3.02. The van der Waals surface area contributed by atoms with E-state index in [1.54, 1.807) is 33.9 Å². The van der Waals surface area contributed by atoms with Crippen LogP contribution in [0.15, 0.2) is 6.20 Å². The summed E-state index contributed by atoms with van der Waals surface area (Å²) in [6, 6.07) is 2.01. The number of nitrogens with one attached hydrogen (secondary N) is 2. The summed E-state index contributed by atoms with van der Waals surface area (Å²) in [7, 11) is 0. The average molecular weight is 221 g/mol. The van der Waals surface area contributed by atoms with Crippen LogP contribution >= 0.6 is 0 Å². The Morgan fingerprint density at radius 2 is 2.19 bits per heavy atom. The quantitative estimate of drug-likeness (QED) is 0.764. The molecule has 1 aromatic rings. The van der Waals surface area contributed by atoms with Crippen molar-refractivity contribution in [2.75, 3.05) is 5.32 Å². The van der Waals surface area contributed by atoms with Crippen molar-refractivity contribution in [3.8, 4) is 6.07 Å². The van der Waals surface area contributed by atoms with Gasteiger partial charge < -0.3 is 9.72 Å². The van der Waals surface area contributed by atoms with Gasteiger partial charge in [0.05, 0.1) is 5.56 Å². The van der Waals surface area contributed by atoms with E-state index in [0.717, 1.165) is 5.56 Å². The summed E-state index contributed by atoms with van der Waals surface area (Å²) in [6.07, 6.45) is 1.08. The second-order valence-corrected chi connectivity index (χ2v) is 4.46. The van der Waals surface area contributed by atoms with Gasteiger partial charge in [0.2, 0.25) is 0 Å². The van der Waals surface area contributed by atoms with Gasteiger partial charge >= 0.3 is 6.09 Å². The fourth-order valence-electron chi connectivity index (χ4n) is 1.17. The third-order valence-electron chi connectivity index (χ3n) is 1.82. The number of hydrogen-bond donors (Lipinski definition) is 2. The highest BCUT2D eigenvalue weighted by molar-refractivity contribution is 5.85. The first kappa shape index (κ1) is 12.1. The maximum Gasteiger partial charge on any atom is 0.413 e. The number of rotatable bonds is 1. The minimum Gasteiger partial charge on any atom is -0.444 e. The Morgan fingerprint density at radius 1 is 1.56 bits per heavy atom. The molecular weight excluding hydrogens is 206 g/mol. The van der Waals surface area contributed by atoms with Gasteiger partial charge in [-0.2, -0.15) is 5.26 Å². The molecule has 0 fully saturated rings. The molecule has 0 aliphatic heterocycles. The molecule has 0 aliphatic rings. The van der Waals surface area contributed by atoms with Crippen molar-refractivity contribution in [3.05, 3.63) is 17.3 Å². The number of anilines is 1. The highest BCUT2D eigenvalue weighted by Crippen LogP contribution is 2.18. The number of nitrogens with zero attached hydrogens (tertiary/aromatic N) is 1. The summed E-state index contributed by atoms with van der Waals surface area (Å²) in [5.74, 6) is 0.370. The van der Waals surface area contributed by atoms with Gasteiger partial charge in [-0.15, -0.1) is 0 Å². The predicted octanol–water partition coefficient (Wildman–Crippen LogP) is 2.54. The predicted molar refractivity (Wildman–Crippen MR) is 60.1 cm³/mol. The minimum absolute atomic E-state index is 0.370. The molecule has 0 saturated heterocycles. The molecule has 2 N–H and O–H groups in total. The molecule has 16 heavy (non-hydrogen) atoms. The molecule has 1 aromatic heterocycles. The number of carbonyl (C=O) groups is 1. The van der Waals surface area contributed by atoms with Crippen LogP contribution in [0.4, 0.5) is 10.6 Å². The summed E-state index contributed by atoms with van der Waals surface area (Å²) in [5.41, 5.74) is 0.651. The zero-order valence-electron chi connectivity index (χ0n) is 9.84. The Bertz CT molecular complexity index is 435. The maximum absolute atomic E-state index is 11.4. The number of H-pyrrole nitrogens is 1. The lowest BCUT2D eigenvalue weighted by molar-refractivity contribution is 0.0635. The molecule has 0 saturated carbocycles. The molecule has 86 valence electrons. The molecule has 5 heteroatoms. The summed E-state index contributed by atoms with van der Waals surface area (Å²) < 4.78 is 5.07. The smallest absolute Gasteiger partial charge is 0.413 e. The zero-order chi connectivity index (χ0) is 12.3. The molecule has 0 aliphatic carbocycles. The van der Waals surface area contributed by atoms with Gasteiger partial charge in [-0.3, -0.25) is 5.32 Å². The molecule has 0 radical (unpaired) electrons. The van der Waals surface area contributed by atoms with Crippen LogP contribution in [0.2, 0.25) is 0 Å². The second-order valence-electron chi connectivity index (χ2n) is 4.46. The van der Waals surface area contributed by atoms with Crippen LogP contribution in [0.3, 0.4) is 0 Å². The summed E-state index contributed by atoms with van der Waals surface area (Å²) in [4.78, 5) is 14.2. The van der Waals surface area contributed by atoms with E-state index in [9.17, 15) is 4.79 Å². The van der Waals surface area contributed by atoms with E-state index in [1.807, 2.05) is 6.07 Å². The van der Waals surface area contributed by atoms with Gasteiger partial charge in [0.25, 0.3) is 0 Å². The Balaban J connectivity index is 2.75. The largest absolute Gasteiger partial charge is 0.444 e. The van der Waals surface area contributed by atoms with Crippen molar-refractivity contribution in [3.63, 3.8) is 0 Å². The third-order valence-corrected chi connectivity index (χ3v) is 1.82. The van der Waals surface area contributed by atoms with Crippen LogP contribution < -0.4 is 5.32 Å². The molecule has 1 rings (SSSR count). The maximum atomic E-state index is 11.4. The minimum atomic E-state index is -0.578. The van der Waals surface area contributed by atoms with Gasteiger partial charge in [0.1, 0.15) is 17.5 Å². The van der Waals surface area contributed by atoms with Gasteiger partial charge in [-0.05, 0) is 33.3 Å². The molecule has 0 atom stereocenters. The number of nitriles is 1. The Labute approximate surface area is 94.4 Å². The van der Waals surface area contributed by atoms with Crippen molar-refractivity contribution >= 4 is 11.9 Å². The monoisotopic (exact) mass is 221 g/mol. The van der Waals surface area contributed by atoms with Crippen LogP contribution in [0.25, 0.3) is 0 Å². The zero-order valence-corrected chi connectivity index (χ0v) is 9.84. The van der Waals surface area contributed by atoms with Gasteiger partial charge in [0.15, 0.2) is 0 Å². The van der Waals surface area contributed by atoms with Crippen LogP contribution in [-0.4, -0.2) is 16.7 Å². The molecule has 0 unspecified atom stereocenters. The average Bonchev–Trinajstić information content (AvgIpc) is 2.43. The van der Waals surface area contributed by atoms with E-state index in [1.165, 1.54) is 0 Å². The molecule has 1 amide bonds. The standard InChI is InChI=1S/C11H15N3O2/c1-7-6-13-9(8(7)5-12)14-10(15)16-11(2,3)4/h6,13H,1-4H3,(H,14,15). The van der Waals surface area contributed by atoms with Crippen LogP contribution in [-0.2, 0) is 4.74 Å². The molecule has 1 heterocycles. The van der Waals surface area contributed by atoms with E-state index >= 15 is 0 Å². The number of aromatic amines is 1. The number of hydrogen-bond acceptors (Lipinski definition) is 3. The summed E-state index contributed by atoms with van der Waals surface area (Å²) >= 11 is 0. The van der Waals surface area contributed by atoms with Crippen molar-refractivity contribution < 1.29 is 9.53 Å². The SMILES string of the molecule is Cc1c[nH]c(NC(=O)OC(C)(C)C)c1C#N. The van der Waals surface area contributed by atoms with E-state index in [2.05, 4.69) is 10.3 Å². The van der Waals surface area contributed by atoms with E-state index in [-0.39, 0.29) is 0 Å². The summed E-state index contributed by atoms with van der Waals surface area (Å²) in [6.45, 7) is 7.11. The first-order valence-corrected chi connectivity index (χ1v) is 4.91. The topological polar surface area (TPSA) is 77.9 Å². The second kappa shape index (κ2) is 4.27. The Morgan fingerprint density at radius 3 is 2.69 bits per heavy atom. The van der Waals surface area contributed by atoms with Crippen molar-refractivity contribution in [1.29, 1.82) is 5.26 Å².